The fraction of sp³-hybridized carbons (Fsp3) is 0.400. The molecule has 0 saturated heterocycles. The number of hydrogen-bond donors (Lipinski definition) is 1. The molecular weight excluding hydrogens is 150 g/mol. The largest absolute Gasteiger partial charge is 0.466 e. The van der Waals surface area contributed by atoms with Gasteiger partial charge in [-0.05, 0) is 26.3 Å². The Hall–Kier alpha value is -1.02. The van der Waals surface area contributed by atoms with Crippen LogP contribution in [0.1, 0.15) is 29.5 Å². The summed E-state index contributed by atoms with van der Waals surface area (Å²) < 4.78 is 5.37. The van der Waals surface area contributed by atoms with Crippen molar-refractivity contribution < 1.29 is 4.42 Å². The van der Waals surface area contributed by atoms with Crippen molar-refractivity contribution >= 4 is 0 Å². The molecular formula is C10H15NO. The molecule has 1 rings (SSSR count). The van der Waals surface area contributed by atoms with Crippen molar-refractivity contribution in [1.29, 1.82) is 0 Å². The molecule has 0 radical (unpaired) electrons. The summed E-state index contributed by atoms with van der Waals surface area (Å²) in [4.78, 5) is 0. The van der Waals surface area contributed by atoms with Crippen LogP contribution in [-0.4, -0.2) is 0 Å². The van der Waals surface area contributed by atoms with Crippen LogP contribution in [0.2, 0.25) is 0 Å². The number of furan rings is 1. The first-order valence-electron chi connectivity index (χ1n) is 4.08. The van der Waals surface area contributed by atoms with Crippen LogP contribution >= 0.6 is 0 Å². The molecule has 2 heteroatoms. The maximum atomic E-state index is 5.89. The lowest BCUT2D eigenvalue weighted by molar-refractivity contribution is 0.497. The lowest BCUT2D eigenvalue weighted by Gasteiger charge is -2.06. The lowest BCUT2D eigenvalue weighted by atomic mass is 10.1. The van der Waals surface area contributed by atoms with E-state index in [1.807, 2.05) is 26.0 Å². The van der Waals surface area contributed by atoms with E-state index < -0.39 is 0 Å². The molecule has 1 atom stereocenters. The van der Waals surface area contributed by atoms with Crippen LogP contribution in [0.4, 0.5) is 0 Å². The van der Waals surface area contributed by atoms with Gasteiger partial charge in [0.15, 0.2) is 0 Å². The highest BCUT2D eigenvalue weighted by atomic mass is 16.3. The van der Waals surface area contributed by atoms with E-state index in [0.29, 0.717) is 0 Å². The molecule has 0 spiro atoms. The Morgan fingerprint density at radius 3 is 2.75 bits per heavy atom. The summed E-state index contributed by atoms with van der Waals surface area (Å²) in [6.45, 7) is 7.52. The normalized spacial score (nSPS) is 12.9. The predicted octanol–water partition coefficient (Wildman–Crippen LogP) is 2.47. The smallest absolute Gasteiger partial charge is 0.105 e. The number of aryl methyl sites for hydroxylation is 2. The van der Waals surface area contributed by atoms with E-state index in [-0.39, 0.29) is 6.04 Å². The Labute approximate surface area is 73.1 Å². The van der Waals surface area contributed by atoms with Crippen molar-refractivity contribution in [2.45, 2.75) is 26.3 Å². The van der Waals surface area contributed by atoms with Crippen molar-refractivity contribution in [3.05, 3.63) is 35.8 Å². The van der Waals surface area contributed by atoms with Gasteiger partial charge < -0.3 is 10.2 Å². The zero-order valence-electron chi connectivity index (χ0n) is 7.63. The van der Waals surface area contributed by atoms with Crippen molar-refractivity contribution in [2.24, 2.45) is 5.73 Å². The van der Waals surface area contributed by atoms with Crippen LogP contribution in [0, 0.1) is 13.8 Å². The quantitative estimate of drug-likeness (QED) is 0.699. The summed E-state index contributed by atoms with van der Waals surface area (Å²) in [6.07, 6.45) is 2.62. The zero-order chi connectivity index (χ0) is 9.14. The fourth-order valence-electron chi connectivity index (χ4n) is 1.33. The Morgan fingerprint density at radius 2 is 2.33 bits per heavy atom. The van der Waals surface area contributed by atoms with E-state index in [1.54, 1.807) is 0 Å². The van der Waals surface area contributed by atoms with E-state index in [9.17, 15) is 0 Å². The van der Waals surface area contributed by atoms with Gasteiger partial charge in [-0.25, -0.2) is 0 Å². The summed E-state index contributed by atoms with van der Waals surface area (Å²) in [5, 5.41) is 0. The van der Waals surface area contributed by atoms with E-state index in [4.69, 9.17) is 10.2 Å². The van der Waals surface area contributed by atoms with Crippen molar-refractivity contribution in [2.75, 3.05) is 0 Å². The molecule has 0 fully saturated rings. The average molecular weight is 165 g/mol. The van der Waals surface area contributed by atoms with E-state index in [2.05, 4.69) is 6.58 Å². The molecule has 0 aliphatic carbocycles. The molecule has 0 bridgehead atoms. The van der Waals surface area contributed by atoms with Crippen molar-refractivity contribution in [3.63, 3.8) is 0 Å². The molecule has 0 amide bonds. The summed E-state index contributed by atoms with van der Waals surface area (Å²) in [5.74, 6) is 1.84. The zero-order valence-corrected chi connectivity index (χ0v) is 7.63. The second kappa shape index (κ2) is 3.59. The molecule has 2 nitrogen and oxygen atoms in total. The third kappa shape index (κ3) is 1.77. The molecule has 1 aromatic heterocycles. The molecule has 2 N–H and O–H groups in total. The van der Waals surface area contributed by atoms with Gasteiger partial charge in [-0.3, -0.25) is 0 Å². The molecule has 66 valence electrons. The van der Waals surface area contributed by atoms with Gasteiger partial charge in [0.05, 0.1) is 0 Å². The minimum absolute atomic E-state index is 0.0277. The number of hydrogen-bond acceptors (Lipinski definition) is 2. The molecule has 1 unspecified atom stereocenters. The monoisotopic (exact) mass is 165 g/mol. The molecule has 1 aromatic rings. The third-order valence-corrected chi connectivity index (χ3v) is 1.90. The molecule has 0 saturated carbocycles. The minimum atomic E-state index is 0.0277. The van der Waals surface area contributed by atoms with Crippen LogP contribution in [0.15, 0.2) is 23.1 Å². The molecule has 0 aromatic carbocycles. The van der Waals surface area contributed by atoms with Gasteiger partial charge in [0, 0.05) is 11.6 Å². The third-order valence-electron chi connectivity index (χ3n) is 1.90. The first-order chi connectivity index (χ1) is 5.65. The molecule has 1 heterocycles. The Balaban J connectivity index is 2.85. The second-order valence-electron chi connectivity index (χ2n) is 3.00. The Kier molecular flexibility index (Phi) is 2.71. The van der Waals surface area contributed by atoms with Crippen molar-refractivity contribution in [3.8, 4) is 0 Å². The van der Waals surface area contributed by atoms with Crippen molar-refractivity contribution in [1.82, 2.24) is 0 Å². The summed E-state index contributed by atoms with van der Waals surface area (Å²) in [7, 11) is 0. The van der Waals surface area contributed by atoms with E-state index in [0.717, 1.165) is 23.5 Å². The molecule has 0 aliphatic heterocycles. The first kappa shape index (κ1) is 9.07. The highest BCUT2D eigenvalue weighted by molar-refractivity contribution is 5.24. The maximum Gasteiger partial charge on any atom is 0.105 e. The van der Waals surface area contributed by atoms with E-state index >= 15 is 0 Å². The Bertz CT molecular complexity index is 275. The summed E-state index contributed by atoms with van der Waals surface area (Å²) in [6, 6.07) is 2.02. The average Bonchev–Trinajstić information content (AvgIpc) is 2.30. The number of rotatable bonds is 3. The van der Waals surface area contributed by atoms with Gasteiger partial charge in [0.2, 0.25) is 0 Å². The van der Waals surface area contributed by atoms with Crippen LogP contribution in [-0.2, 0) is 0 Å². The topological polar surface area (TPSA) is 39.2 Å². The lowest BCUT2D eigenvalue weighted by Crippen LogP contribution is -2.08. The van der Waals surface area contributed by atoms with Gasteiger partial charge >= 0.3 is 0 Å². The predicted molar refractivity (Wildman–Crippen MR) is 49.9 cm³/mol. The first-order valence-corrected chi connectivity index (χ1v) is 4.08. The summed E-state index contributed by atoms with van der Waals surface area (Å²) >= 11 is 0. The van der Waals surface area contributed by atoms with Gasteiger partial charge in [-0.15, -0.1) is 6.58 Å². The second-order valence-corrected chi connectivity index (χ2v) is 3.00. The van der Waals surface area contributed by atoms with Gasteiger partial charge in [0.1, 0.15) is 11.5 Å². The van der Waals surface area contributed by atoms with Crippen LogP contribution in [0.5, 0.6) is 0 Å². The minimum Gasteiger partial charge on any atom is -0.466 e. The highest BCUT2D eigenvalue weighted by Gasteiger charge is 2.10. The van der Waals surface area contributed by atoms with Gasteiger partial charge in [0.25, 0.3) is 0 Å². The molecule has 0 aliphatic rings. The maximum absolute atomic E-state index is 5.89. The number of nitrogens with two attached hydrogens (primary N) is 1. The van der Waals surface area contributed by atoms with Gasteiger partial charge in [-0.1, -0.05) is 6.08 Å². The van der Waals surface area contributed by atoms with Crippen LogP contribution in [0.25, 0.3) is 0 Å². The fourth-order valence-corrected chi connectivity index (χ4v) is 1.33. The van der Waals surface area contributed by atoms with Gasteiger partial charge in [-0.2, -0.15) is 0 Å². The standard InChI is InChI=1S/C10H15NO/c1-4-5-10(11)9-6-7(2)12-8(9)3/h4,6,10H,1,5,11H2,2-3H3. The van der Waals surface area contributed by atoms with E-state index in [1.165, 1.54) is 0 Å². The highest BCUT2D eigenvalue weighted by Crippen LogP contribution is 2.21. The van der Waals surface area contributed by atoms with Crippen LogP contribution in [0.3, 0.4) is 0 Å². The van der Waals surface area contributed by atoms with Crippen LogP contribution < -0.4 is 5.73 Å². The summed E-state index contributed by atoms with van der Waals surface area (Å²) in [5.41, 5.74) is 6.98. The molecule has 12 heavy (non-hydrogen) atoms. The SMILES string of the molecule is C=CCC(N)c1cc(C)oc1C. The Morgan fingerprint density at radius 1 is 1.67 bits per heavy atom.